The van der Waals surface area contributed by atoms with Crippen molar-refractivity contribution in [2.45, 2.75) is 19.5 Å². The summed E-state index contributed by atoms with van der Waals surface area (Å²) in [5.74, 6) is -0.372. The lowest BCUT2D eigenvalue weighted by atomic mass is 9.96. The summed E-state index contributed by atoms with van der Waals surface area (Å²) in [6.07, 6.45) is 0. The minimum Gasteiger partial charge on any atom is -0.507 e. The van der Waals surface area contributed by atoms with Crippen LogP contribution in [0.5, 0.6) is 5.75 Å². The fraction of sp³-hybridized carbons (Fsp3) is 0.346. The second-order valence-corrected chi connectivity index (χ2v) is 8.35. The smallest absolute Gasteiger partial charge is 0.259 e. The predicted molar refractivity (Wildman–Crippen MR) is 127 cm³/mol. The van der Waals surface area contributed by atoms with Gasteiger partial charge in [-0.05, 0) is 42.8 Å². The van der Waals surface area contributed by atoms with Gasteiger partial charge in [0.25, 0.3) is 5.56 Å². The van der Waals surface area contributed by atoms with E-state index in [4.69, 9.17) is 4.74 Å². The van der Waals surface area contributed by atoms with E-state index in [1.807, 2.05) is 18.2 Å². The van der Waals surface area contributed by atoms with E-state index in [0.29, 0.717) is 37.5 Å². The number of anilines is 1. The number of pyridine rings is 1. The SMILES string of the molecule is COCCn1c(C)cc(O)c([C@H](c2ccc(F)cc2)N2CCN(c3ccccc3)CC2)c1=O. The molecule has 2 heterocycles. The summed E-state index contributed by atoms with van der Waals surface area (Å²) in [7, 11) is 1.59. The third-order valence-corrected chi connectivity index (χ3v) is 6.30. The Morgan fingerprint density at radius 1 is 1.03 bits per heavy atom. The molecule has 1 atom stereocenters. The van der Waals surface area contributed by atoms with E-state index in [-0.39, 0.29) is 17.1 Å². The average molecular weight is 452 g/mol. The summed E-state index contributed by atoms with van der Waals surface area (Å²) in [5, 5.41) is 10.9. The van der Waals surface area contributed by atoms with E-state index in [1.165, 1.54) is 12.1 Å². The Balaban J connectivity index is 1.72. The number of methoxy groups -OCH3 is 1. The third kappa shape index (κ3) is 4.94. The van der Waals surface area contributed by atoms with E-state index in [2.05, 4.69) is 21.9 Å². The number of rotatable bonds is 7. The molecule has 1 aromatic heterocycles. The first kappa shape index (κ1) is 23.0. The van der Waals surface area contributed by atoms with E-state index in [1.54, 1.807) is 36.8 Å². The second kappa shape index (κ2) is 10.2. The summed E-state index contributed by atoms with van der Waals surface area (Å²) in [4.78, 5) is 18.1. The van der Waals surface area contributed by atoms with Crippen molar-refractivity contribution in [1.29, 1.82) is 0 Å². The number of ether oxygens (including phenoxy) is 1. The van der Waals surface area contributed by atoms with Crippen molar-refractivity contribution >= 4 is 5.69 Å². The van der Waals surface area contributed by atoms with Crippen LogP contribution >= 0.6 is 0 Å². The fourth-order valence-electron chi connectivity index (χ4n) is 4.57. The van der Waals surface area contributed by atoms with E-state index in [0.717, 1.165) is 24.3 Å². The molecule has 0 unspecified atom stereocenters. The molecule has 33 heavy (non-hydrogen) atoms. The molecule has 1 aliphatic heterocycles. The zero-order valence-corrected chi connectivity index (χ0v) is 19.1. The molecule has 174 valence electrons. The molecule has 0 aliphatic carbocycles. The number of aromatic nitrogens is 1. The zero-order chi connectivity index (χ0) is 23.4. The maximum absolute atomic E-state index is 13.7. The van der Waals surface area contributed by atoms with Gasteiger partial charge >= 0.3 is 0 Å². The first-order valence-electron chi connectivity index (χ1n) is 11.2. The molecule has 0 spiro atoms. The lowest BCUT2D eigenvalue weighted by Crippen LogP contribution is -2.49. The molecular formula is C26H30FN3O3. The Bertz CT molecular complexity index is 1120. The van der Waals surface area contributed by atoms with Crippen LogP contribution in [-0.2, 0) is 11.3 Å². The largest absolute Gasteiger partial charge is 0.507 e. The monoisotopic (exact) mass is 451 g/mol. The molecular weight excluding hydrogens is 421 g/mol. The Kier molecular flexibility index (Phi) is 7.11. The molecule has 0 saturated carbocycles. The van der Waals surface area contributed by atoms with Gasteiger partial charge in [-0.3, -0.25) is 9.69 Å². The molecule has 4 rings (SSSR count). The third-order valence-electron chi connectivity index (χ3n) is 6.30. The fourth-order valence-corrected chi connectivity index (χ4v) is 4.57. The quantitative estimate of drug-likeness (QED) is 0.595. The van der Waals surface area contributed by atoms with Gasteiger partial charge in [0.1, 0.15) is 11.6 Å². The highest BCUT2D eigenvalue weighted by atomic mass is 19.1. The zero-order valence-electron chi connectivity index (χ0n) is 19.1. The van der Waals surface area contributed by atoms with Crippen LogP contribution in [-0.4, -0.2) is 54.5 Å². The topological polar surface area (TPSA) is 57.9 Å². The summed E-state index contributed by atoms with van der Waals surface area (Å²) < 4.78 is 20.5. The highest BCUT2D eigenvalue weighted by molar-refractivity contribution is 5.47. The van der Waals surface area contributed by atoms with Crippen LogP contribution in [0.3, 0.4) is 0 Å². The van der Waals surface area contributed by atoms with E-state index in [9.17, 15) is 14.3 Å². The minimum atomic E-state index is -0.481. The molecule has 1 aliphatic rings. The number of hydrogen-bond acceptors (Lipinski definition) is 5. The highest BCUT2D eigenvalue weighted by Gasteiger charge is 2.31. The standard InChI is InChI=1S/C26H30FN3O3/c1-19-18-23(31)24(26(32)30(19)16-17-33-2)25(20-8-10-21(27)11-9-20)29-14-12-28(13-15-29)22-6-4-3-5-7-22/h3-11,18,25,31H,12-17H2,1-2H3/t25-/m0/s1. The van der Waals surface area contributed by atoms with Crippen LogP contribution in [0, 0.1) is 12.7 Å². The summed E-state index contributed by atoms with van der Waals surface area (Å²) in [5.41, 5.74) is 2.68. The number of halogens is 1. The van der Waals surface area contributed by atoms with Crippen molar-refractivity contribution in [3.05, 3.63) is 93.7 Å². The van der Waals surface area contributed by atoms with Crippen LogP contribution in [0.1, 0.15) is 22.9 Å². The lowest BCUT2D eigenvalue weighted by molar-refractivity contribution is 0.183. The van der Waals surface area contributed by atoms with E-state index >= 15 is 0 Å². The molecule has 1 fully saturated rings. The Morgan fingerprint density at radius 3 is 2.33 bits per heavy atom. The Hall–Kier alpha value is -3.16. The molecule has 6 nitrogen and oxygen atoms in total. The highest BCUT2D eigenvalue weighted by Crippen LogP contribution is 2.34. The van der Waals surface area contributed by atoms with Gasteiger partial charge in [0, 0.05) is 51.2 Å². The average Bonchev–Trinajstić information content (AvgIpc) is 2.83. The maximum Gasteiger partial charge on any atom is 0.259 e. The van der Waals surface area contributed by atoms with Gasteiger partial charge in [-0.25, -0.2) is 4.39 Å². The first-order chi connectivity index (χ1) is 16.0. The van der Waals surface area contributed by atoms with Crippen LogP contribution in [0.2, 0.25) is 0 Å². The van der Waals surface area contributed by atoms with Gasteiger partial charge in [0.2, 0.25) is 0 Å². The number of nitrogens with zero attached hydrogens (tertiary/aromatic N) is 3. The second-order valence-electron chi connectivity index (χ2n) is 8.35. The van der Waals surface area contributed by atoms with Crippen molar-refractivity contribution < 1.29 is 14.2 Å². The normalized spacial score (nSPS) is 15.5. The molecule has 7 heteroatoms. The molecule has 1 N–H and O–H groups in total. The summed E-state index contributed by atoms with van der Waals surface area (Å²) in [6, 6.07) is 17.6. The van der Waals surface area contributed by atoms with Crippen molar-refractivity contribution in [3.8, 4) is 5.75 Å². The lowest BCUT2D eigenvalue weighted by Gasteiger charge is -2.40. The Labute approximate surface area is 193 Å². The van der Waals surface area contributed by atoms with Crippen molar-refractivity contribution in [2.75, 3.05) is 44.8 Å². The maximum atomic E-state index is 13.7. The van der Waals surface area contributed by atoms with Gasteiger partial charge in [0.05, 0.1) is 18.2 Å². The van der Waals surface area contributed by atoms with Crippen LogP contribution in [0.4, 0.5) is 10.1 Å². The van der Waals surface area contributed by atoms with Gasteiger partial charge < -0.3 is 19.3 Å². The first-order valence-corrected chi connectivity index (χ1v) is 11.2. The van der Waals surface area contributed by atoms with Gasteiger partial charge in [0.15, 0.2) is 0 Å². The van der Waals surface area contributed by atoms with Crippen molar-refractivity contribution in [1.82, 2.24) is 9.47 Å². The van der Waals surface area contributed by atoms with Crippen LogP contribution < -0.4 is 10.5 Å². The number of piperazine rings is 1. The van der Waals surface area contributed by atoms with Crippen LogP contribution in [0.15, 0.2) is 65.5 Å². The van der Waals surface area contributed by atoms with E-state index < -0.39 is 6.04 Å². The summed E-state index contributed by atoms with van der Waals surface area (Å²) in [6.45, 7) is 5.54. The van der Waals surface area contributed by atoms with Gasteiger partial charge in [-0.2, -0.15) is 0 Å². The van der Waals surface area contributed by atoms with Crippen molar-refractivity contribution in [3.63, 3.8) is 0 Å². The van der Waals surface area contributed by atoms with Crippen LogP contribution in [0.25, 0.3) is 0 Å². The molecule has 3 aromatic rings. The molecule has 0 radical (unpaired) electrons. The summed E-state index contributed by atoms with van der Waals surface area (Å²) >= 11 is 0. The number of para-hydroxylation sites is 1. The molecule has 0 bridgehead atoms. The molecule has 1 saturated heterocycles. The molecule has 0 amide bonds. The number of aromatic hydroxyl groups is 1. The number of hydrogen-bond donors (Lipinski definition) is 1. The Morgan fingerprint density at radius 2 is 1.70 bits per heavy atom. The molecule has 2 aromatic carbocycles. The number of aryl methyl sites for hydroxylation is 1. The predicted octanol–water partition coefficient (Wildman–Crippen LogP) is 3.56. The number of benzene rings is 2. The van der Waals surface area contributed by atoms with Gasteiger partial charge in [-0.1, -0.05) is 30.3 Å². The van der Waals surface area contributed by atoms with Crippen molar-refractivity contribution in [2.24, 2.45) is 0 Å². The minimum absolute atomic E-state index is 0.0361. The van der Waals surface area contributed by atoms with Gasteiger partial charge in [-0.15, -0.1) is 0 Å².